The summed E-state index contributed by atoms with van der Waals surface area (Å²) in [7, 11) is 0. The lowest BCUT2D eigenvalue weighted by atomic mass is 10.1. The fourth-order valence-corrected chi connectivity index (χ4v) is 2.09. The second kappa shape index (κ2) is 7.39. The number of amides is 1. The molecule has 0 bridgehead atoms. The van der Waals surface area contributed by atoms with E-state index < -0.39 is 6.10 Å². The third-order valence-electron chi connectivity index (χ3n) is 3.35. The first-order valence-corrected chi connectivity index (χ1v) is 7.12. The Morgan fingerprint density at radius 3 is 2.41 bits per heavy atom. The molecule has 1 amide bonds. The Hall–Kier alpha value is -2.64. The van der Waals surface area contributed by atoms with E-state index in [2.05, 4.69) is 11.4 Å². The highest BCUT2D eigenvalue weighted by molar-refractivity contribution is 5.95. The van der Waals surface area contributed by atoms with Gasteiger partial charge in [-0.2, -0.15) is 5.26 Å². The number of carbonyl (C=O) groups is 1. The third-order valence-corrected chi connectivity index (χ3v) is 3.35. The van der Waals surface area contributed by atoms with Crippen LogP contribution in [0.15, 0.2) is 54.6 Å². The molecule has 0 aliphatic carbocycles. The molecule has 2 unspecified atom stereocenters. The molecule has 22 heavy (non-hydrogen) atoms. The quantitative estimate of drug-likeness (QED) is 0.915. The number of ether oxygens (including phenoxy) is 1. The number of nitriles is 1. The van der Waals surface area contributed by atoms with Crippen molar-refractivity contribution in [3.63, 3.8) is 0 Å². The van der Waals surface area contributed by atoms with Crippen LogP contribution < -0.4 is 5.32 Å². The number of para-hydroxylation sites is 1. The first-order valence-electron chi connectivity index (χ1n) is 7.12. The van der Waals surface area contributed by atoms with Crippen molar-refractivity contribution in [2.45, 2.75) is 26.1 Å². The van der Waals surface area contributed by atoms with Gasteiger partial charge < -0.3 is 10.1 Å². The number of nitrogens with one attached hydrogen (secondary N) is 1. The fraction of sp³-hybridized carbons (Fsp3) is 0.222. The van der Waals surface area contributed by atoms with E-state index in [1.165, 1.54) is 0 Å². The van der Waals surface area contributed by atoms with Crippen LogP contribution in [0, 0.1) is 11.3 Å². The molecule has 0 spiro atoms. The summed E-state index contributed by atoms with van der Waals surface area (Å²) in [6.45, 7) is 3.60. The zero-order valence-electron chi connectivity index (χ0n) is 12.6. The normalized spacial score (nSPS) is 13.0. The number of rotatable bonds is 5. The van der Waals surface area contributed by atoms with E-state index in [0.29, 0.717) is 11.3 Å². The molecule has 2 rings (SSSR count). The lowest BCUT2D eigenvalue weighted by Crippen LogP contribution is -2.29. The Labute approximate surface area is 130 Å². The average Bonchev–Trinajstić information content (AvgIpc) is 2.56. The Balaban J connectivity index is 1.99. The van der Waals surface area contributed by atoms with Crippen molar-refractivity contribution in [3.8, 4) is 6.07 Å². The third kappa shape index (κ3) is 3.94. The van der Waals surface area contributed by atoms with Crippen molar-refractivity contribution in [1.82, 2.24) is 0 Å². The predicted molar refractivity (Wildman–Crippen MR) is 85.2 cm³/mol. The maximum atomic E-state index is 12.2. The minimum atomic E-state index is -0.623. The Kier molecular flexibility index (Phi) is 5.29. The maximum absolute atomic E-state index is 12.2. The van der Waals surface area contributed by atoms with Gasteiger partial charge in [-0.15, -0.1) is 0 Å². The van der Waals surface area contributed by atoms with Crippen molar-refractivity contribution in [1.29, 1.82) is 5.26 Å². The number of hydrogen-bond acceptors (Lipinski definition) is 3. The molecule has 0 heterocycles. The van der Waals surface area contributed by atoms with Crippen LogP contribution in [-0.4, -0.2) is 12.0 Å². The number of nitrogens with zero attached hydrogens (tertiary/aromatic N) is 1. The summed E-state index contributed by atoms with van der Waals surface area (Å²) in [6, 6.07) is 18.7. The van der Waals surface area contributed by atoms with Crippen LogP contribution in [0.3, 0.4) is 0 Å². The molecule has 2 aromatic rings. The molecule has 2 atom stereocenters. The summed E-state index contributed by atoms with van der Waals surface area (Å²) in [5.41, 5.74) is 1.94. The first kappa shape index (κ1) is 15.7. The lowest BCUT2D eigenvalue weighted by Gasteiger charge is -2.19. The Morgan fingerprint density at radius 2 is 1.73 bits per heavy atom. The molecule has 0 saturated heterocycles. The number of anilines is 1. The van der Waals surface area contributed by atoms with Crippen molar-refractivity contribution >= 4 is 11.6 Å². The molecule has 1 N–H and O–H groups in total. The Morgan fingerprint density at radius 1 is 1.09 bits per heavy atom. The van der Waals surface area contributed by atoms with Gasteiger partial charge in [-0.1, -0.05) is 42.5 Å². The minimum absolute atomic E-state index is 0.187. The summed E-state index contributed by atoms with van der Waals surface area (Å²) in [5, 5.41) is 11.8. The standard InChI is InChI=1S/C18H18N2O2/c1-13(15-8-4-3-5-9-15)22-14(2)18(21)20-17-11-7-6-10-16(17)12-19/h3-11,13-14H,1-2H3,(H,20,21). The van der Waals surface area contributed by atoms with E-state index in [4.69, 9.17) is 10.00 Å². The molecule has 112 valence electrons. The summed E-state index contributed by atoms with van der Waals surface area (Å²) < 4.78 is 5.75. The fourth-order valence-electron chi connectivity index (χ4n) is 2.09. The molecule has 0 aliphatic heterocycles. The van der Waals surface area contributed by atoms with E-state index >= 15 is 0 Å². The highest BCUT2D eigenvalue weighted by Gasteiger charge is 2.18. The van der Waals surface area contributed by atoms with Crippen LogP contribution in [0.5, 0.6) is 0 Å². The molecule has 0 radical (unpaired) electrons. The van der Waals surface area contributed by atoms with Gasteiger partial charge in [0, 0.05) is 0 Å². The van der Waals surface area contributed by atoms with Crippen LogP contribution in [0.1, 0.15) is 31.1 Å². The second-order valence-corrected chi connectivity index (χ2v) is 4.98. The van der Waals surface area contributed by atoms with Gasteiger partial charge in [-0.25, -0.2) is 0 Å². The monoisotopic (exact) mass is 294 g/mol. The molecule has 4 heteroatoms. The van der Waals surface area contributed by atoms with E-state index in [0.717, 1.165) is 5.56 Å². The van der Waals surface area contributed by atoms with Crippen LogP contribution in [0.2, 0.25) is 0 Å². The van der Waals surface area contributed by atoms with E-state index in [1.54, 1.807) is 31.2 Å². The topological polar surface area (TPSA) is 62.1 Å². The van der Waals surface area contributed by atoms with Crippen LogP contribution in [0.25, 0.3) is 0 Å². The van der Waals surface area contributed by atoms with E-state index in [1.807, 2.05) is 37.3 Å². The summed E-state index contributed by atoms with van der Waals surface area (Å²) >= 11 is 0. The van der Waals surface area contributed by atoms with Gasteiger partial charge in [0.2, 0.25) is 0 Å². The van der Waals surface area contributed by atoms with E-state index in [-0.39, 0.29) is 12.0 Å². The summed E-state index contributed by atoms with van der Waals surface area (Å²) in [6.07, 6.45) is -0.810. The molecule has 0 aromatic heterocycles. The molecular weight excluding hydrogens is 276 g/mol. The summed E-state index contributed by atoms with van der Waals surface area (Å²) in [4.78, 5) is 12.2. The van der Waals surface area contributed by atoms with Gasteiger partial charge >= 0.3 is 0 Å². The Bertz CT molecular complexity index is 677. The van der Waals surface area contributed by atoms with Crippen LogP contribution in [0.4, 0.5) is 5.69 Å². The highest BCUT2D eigenvalue weighted by Crippen LogP contribution is 2.19. The van der Waals surface area contributed by atoms with Gasteiger partial charge in [0.15, 0.2) is 0 Å². The minimum Gasteiger partial charge on any atom is -0.361 e. The smallest absolute Gasteiger partial charge is 0.253 e. The highest BCUT2D eigenvalue weighted by atomic mass is 16.5. The average molecular weight is 294 g/mol. The number of carbonyl (C=O) groups excluding carboxylic acids is 1. The van der Waals surface area contributed by atoms with Crippen molar-refractivity contribution in [2.24, 2.45) is 0 Å². The van der Waals surface area contributed by atoms with Gasteiger partial charge in [-0.3, -0.25) is 4.79 Å². The van der Waals surface area contributed by atoms with Crippen molar-refractivity contribution in [3.05, 3.63) is 65.7 Å². The number of benzene rings is 2. The molecular formula is C18H18N2O2. The van der Waals surface area contributed by atoms with Gasteiger partial charge in [-0.05, 0) is 31.5 Å². The van der Waals surface area contributed by atoms with Gasteiger partial charge in [0.05, 0.1) is 17.4 Å². The maximum Gasteiger partial charge on any atom is 0.253 e. The summed E-state index contributed by atoms with van der Waals surface area (Å²) in [5.74, 6) is -0.273. The predicted octanol–water partition coefficient (Wildman–Crippen LogP) is 3.66. The molecule has 0 fully saturated rings. The van der Waals surface area contributed by atoms with Crippen molar-refractivity contribution < 1.29 is 9.53 Å². The van der Waals surface area contributed by atoms with Gasteiger partial charge in [0.25, 0.3) is 5.91 Å². The second-order valence-electron chi connectivity index (χ2n) is 4.98. The van der Waals surface area contributed by atoms with Crippen LogP contribution in [-0.2, 0) is 9.53 Å². The van der Waals surface area contributed by atoms with Crippen LogP contribution >= 0.6 is 0 Å². The molecule has 0 saturated carbocycles. The largest absolute Gasteiger partial charge is 0.361 e. The molecule has 4 nitrogen and oxygen atoms in total. The van der Waals surface area contributed by atoms with Gasteiger partial charge in [0.1, 0.15) is 12.2 Å². The SMILES string of the molecule is CC(OC(C)c1ccccc1)C(=O)Nc1ccccc1C#N. The number of hydrogen-bond donors (Lipinski definition) is 1. The molecule has 0 aliphatic rings. The lowest BCUT2D eigenvalue weighted by molar-refractivity contribution is -0.129. The zero-order valence-corrected chi connectivity index (χ0v) is 12.6. The zero-order chi connectivity index (χ0) is 15.9. The first-order chi connectivity index (χ1) is 10.6. The van der Waals surface area contributed by atoms with E-state index in [9.17, 15) is 4.79 Å². The van der Waals surface area contributed by atoms with Crippen molar-refractivity contribution in [2.75, 3.05) is 5.32 Å². The molecule has 2 aromatic carbocycles.